The third kappa shape index (κ3) is 3.35. The summed E-state index contributed by atoms with van der Waals surface area (Å²) < 4.78 is 1.20. The topological polar surface area (TPSA) is 38.0 Å². The van der Waals surface area contributed by atoms with Crippen molar-refractivity contribution in [2.24, 2.45) is 11.1 Å². The Bertz CT molecular complexity index is 394. The Morgan fingerprint density at radius 2 is 2.33 bits per heavy atom. The molecule has 1 aliphatic carbocycles. The van der Waals surface area contributed by atoms with Gasteiger partial charge in [0.05, 0.1) is 6.04 Å². The molecule has 0 radical (unpaired) electrons. The van der Waals surface area contributed by atoms with Crippen LogP contribution in [0.1, 0.15) is 48.9 Å². The van der Waals surface area contributed by atoms with Crippen LogP contribution in [0.2, 0.25) is 0 Å². The normalized spacial score (nSPS) is 24.4. The second-order valence-electron chi connectivity index (χ2n) is 6.11. The molecule has 0 saturated heterocycles. The lowest BCUT2D eigenvalue weighted by atomic mass is 9.92. The molecule has 0 amide bonds. The number of thiophene rings is 1. The fourth-order valence-electron chi connectivity index (χ4n) is 2.78. The third-order valence-corrected chi connectivity index (χ3v) is 6.11. The van der Waals surface area contributed by atoms with Gasteiger partial charge in [0.25, 0.3) is 0 Å². The van der Waals surface area contributed by atoms with Gasteiger partial charge in [-0.1, -0.05) is 13.8 Å². The van der Waals surface area contributed by atoms with Crippen LogP contribution in [-0.2, 0) is 0 Å². The monoisotopic (exact) mass is 330 g/mol. The first-order chi connectivity index (χ1) is 8.41. The summed E-state index contributed by atoms with van der Waals surface area (Å²) >= 11 is 5.43. The van der Waals surface area contributed by atoms with E-state index in [9.17, 15) is 0 Å². The highest BCUT2D eigenvalue weighted by atomic mass is 79.9. The molecule has 0 bridgehead atoms. The first-order valence-corrected chi connectivity index (χ1v) is 8.24. The highest BCUT2D eigenvalue weighted by Gasteiger charge is 2.32. The molecule has 1 aliphatic rings. The maximum absolute atomic E-state index is 5.94. The van der Waals surface area contributed by atoms with Gasteiger partial charge in [-0.15, -0.1) is 11.3 Å². The van der Waals surface area contributed by atoms with Crippen LogP contribution >= 0.6 is 27.3 Å². The van der Waals surface area contributed by atoms with Crippen LogP contribution in [0.25, 0.3) is 0 Å². The first-order valence-electron chi connectivity index (χ1n) is 6.63. The molecule has 2 unspecified atom stereocenters. The largest absolute Gasteiger partial charge is 0.329 e. The van der Waals surface area contributed by atoms with E-state index in [0.717, 1.165) is 0 Å². The molecule has 1 saturated carbocycles. The van der Waals surface area contributed by atoms with Crippen LogP contribution in [0, 0.1) is 12.3 Å². The summed E-state index contributed by atoms with van der Waals surface area (Å²) in [5.41, 5.74) is 6.43. The van der Waals surface area contributed by atoms with E-state index in [-0.39, 0.29) is 0 Å². The minimum absolute atomic E-state index is 0.305. The van der Waals surface area contributed by atoms with Gasteiger partial charge >= 0.3 is 0 Å². The van der Waals surface area contributed by atoms with Gasteiger partial charge < -0.3 is 11.1 Å². The lowest BCUT2D eigenvalue weighted by molar-refractivity contribution is 0.354. The Balaban J connectivity index is 2.02. The molecule has 0 spiro atoms. The van der Waals surface area contributed by atoms with Crippen LogP contribution in [0.3, 0.4) is 0 Å². The van der Waals surface area contributed by atoms with Crippen molar-refractivity contribution in [2.75, 3.05) is 6.54 Å². The van der Waals surface area contributed by atoms with Crippen molar-refractivity contribution in [3.8, 4) is 0 Å². The minimum Gasteiger partial charge on any atom is -0.329 e. The zero-order chi connectivity index (χ0) is 13.3. The van der Waals surface area contributed by atoms with Gasteiger partial charge in [-0.2, -0.15) is 0 Å². The van der Waals surface area contributed by atoms with Gasteiger partial charge in [0.1, 0.15) is 0 Å². The number of rotatable bonds is 4. The number of halogens is 1. The van der Waals surface area contributed by atoms with Gasteiger partial charge in [-0.3, -0.25) is 0 Å². The number of hydrogen-bond donors (Lipinski definition) is 2. The SMILES string of the molecule is Cc1sc(C(CN)NC2CCC(C)(C)C2)cc1Br. The predicted molar refractivity (Wildman–Crippen MR) is 83.1 cm³/mol. The number of nitrogens with two attached hydrogens (primary N) is 1. The van der Waals surface area contributed by atoms with E-state index < -0.39 is 0 Å². The molecule has 3 N–H and O–H groups in total. The van der Waals surface area contributed by atoms with E-state index in [1.54, 1.807) is 0 Å². The standard InChI is InChI=1S/C14H23BrN2S/c1-9-11(15)6-13(18-9)12(8-16)17-10-4-5-14(2,3)7-10/h6,10,12,17H,4-5,7-8,16H2,1-3H3. The Morgan fingerprint density at radius 3 is 2.78 bits per heavy atom. The second kappa shape index (κ2) is 5.61. The van der Waals surface area contributed by atoms with E-state index >= 15 is 0 Å². The van der Waals surface area contributed by atoms with Crippen LogP contribution in [-0.4, -0.2) is 12.6 Å². The molecule has 2 rings (SSSR count). The lowest BCUT2D eigenvalue weighted by Crippen LogP contribution is -2.35. The summed E-state index contributed by atoms with van der Waals surface area (Å²) in [6, 6.07) is 3.14. The number of aryl methyl sites for hydroxylation is 1. The van der Waals surface area contributed by atoms with Crippen molar-refractivity contribution < 1.29 is 0 Å². The van der Waals surface area contributed by atoms with Gasteiger partial charge in [-0.25, -0.2) is 0 Å². The average Bonchev–Trinajstić information content (AvgIpc) is 2.79. The van der Waals surface area contributed by atoms with Gasteiger partial charge in [0.15, 0.2) is 0 Å². The van der Waals surface area contributed by atoms with Crippen LogP contribution in [0.15, 0.2) is 10.5 Å². The second-order valence-corrected chi connectivity index (χ2v) is 8.25. The lowest BCUT2D eigenvalue weighted by Gasteiger charge is -2.22. The summed E-state index contributed by atoms with van der Waals surface area (Å²) in [7, 11) is 0. The number of nitrogens with one attached hydrogen (secondary N) is 1. The van der Waals surface area contributed by atoms with E-state index in [4.69, 9.17) is 5.73 Å². The van der Waals surface area contributed by atoms with E-state index in [2.05, 4.69) is 48.1 Å². The van der Waals surface area contributed by atoms with Gasteiger partial charge in [0, 0.05) is 26.8 Å². The summed E-state index contributed by atoms with van der Waals surface area (Å²) in [4.78, 5) is 2.68. The summed E-state index contributed by atoms with van der Waals surface area (Å²) in [5.74, 6) is 0. The van der Waals surface area contributed by atoms with Crippen molar-refractivity contribution in [2.45, 2.75) is 52.1 Å². The van der Waals surface area contributed by atoms with Crippen LogP contribution in [0.5, 0.6) is 0 Å². The Kier molecular flexibility index (Phi) is 4.52. The molecule has 4 heteroatoms. The van der Waals surface area contributed by atoms with Crippen molar-refractivity contribution in [1.82, 2.24) is 5.32 Å². The Morgan fingerprint density at radius 1 is 1.61 bits per heavy atom. The van der Waals surface area contributed by atoms with Gasteiger partial charge in [0.2, 0.25) is 0 Å². The van der Waals surface area contributed by atoms with Crippen LogP contribution < -0.4 is 11.1 Å². The Labute approximate surface area is 122 Å². The molecule has 1 aromatic rings. The Hall–Kier alpha value is 0.100. The quantitative estimate of drug-likeness (QED) is 0.875. The maximum atomic E-state index is 5.94. The molecule has 2 nitrogen and oxygen atoms in total. The predicted octanol–water partition coefficient (Wildman–Crippen LogP) is 3.99. The minimum atomic E-state index is 0.305. The van der Waals surface area contributed by atoms with Crippen molar-refractivity contribution in [1.29, 1.82) is 0 Å². The highest BCUT2D eigenvalue weighted by Crippen LogP contribution is 2.38. The van der Waals surface area contributed by atoms with Gasteiger partial charge in [-0.05, 0) is 53.6 Å². The molecular formula is C14H23BrN2S. The molecular weight excluding hydrogens is 308 g/mol. The third-order valence-electron chi connectivity index (χ3n) is 3.86. The summed E-state index contributed by atoms with van der Waals surface area (Å²) in [6.45, 7) is 7.53. The smallest absolute Gasteiger partial charge is 0.0541 e. The van der Waals surface area contributed by atoms with E-state index in [1.807, 2.05) is 11.3 Å². The molecule has 2 atom stereocenters. The summed E-state index contributed by atoms with van der Waals surface area (Å²) in [5, 5.41) is 3.74. The molecule has 102 valence electrons. The first kappa shape index (κ1) is 14.5. The maximum Gasteiger partial charge on any atom is 0.0541 e. The molecule has 0 aromatic carbocycles. The van der Waals surface area contributed by atoms with Crippen molar-refractivity contribution >= 4 is 27.3 Å². The van der Waals surface area contributed by atoms with Crippen molar-refractivity contribution in [3.05, 3.63) is 20.3 Å². The summed E-state index contributed by atoms with van der Waals surface area (Å²) in [6.07, 6.45) is 3.85. The fourth-order valence-corrected chi connectivity index (χ4v) is 4.42. The van der Waals surface area contributed by atoms with E-state index in [0.29, 0.717) is 24.0 Å². The fraction of sp³-hybridized carbons (Fsp3) is 0.714. The zero-order valence-electron chi connectivity index (χ0n) is 11.4. The van der Waals surface area contributed by atoms with Crippen LogP contribution in [0.4, 0.5) is 0 Å². The molecule has 1 aromatic heterocycles. The molecule has 1 fully saturated rings. The van der Waals surface area contributed by atoms with E-state index in [1.165, 1.54) is 33.5 Å². The molecule has 1 heterocycles. The zero-order valence-corrected chi connectivity index (χ0v) is 13.8. The average molecular weight is 331 g/mol. The highest BCUT2D eigenvalue weighted by molar-refractivity contribution is 9.10. The van der Waals surface area contributed by atoms with Crippen molar-refractivity contribution in [3.63, 3.8) is 0 Å². The molecule has 0 aliphatic heterocycles. The number of hydrogen-bond acceptors (Lipinski definition) is 3. The molecule has 18 heavy (non-hydrogen) atoms.